The number of carbonyl (C=O) groups excluding carboxylic acids is 1. The van der Waals surface area contributed by atoms with Gasteiger partial charge in [-0.1, -0.05) is 24.3 Å². The minimum absolute atomic E-state index is 0.212. The van der Waals surface area contributed by atoms with Crippen molar-refractivity contribution in [2.45, 2.75) is 32.8 Å². The number of pyridine rings is 1. The lowest BCUT2D eigenvalue weighted by molar-refractivity contribution is 0.0142. The summed E-state index contributed by atoms with van der Waals surface area (Å²) in [5, 5.41) is 12.0. The lowest BCUT2D eigenvalue weighted by atomic mass is 10.0. The molecule has 8 nitrogen and oxygen atoms in total. The molecule has 2 aromatic carbocycles. The highest BCUT2D eigenvalue weighted by Gasteiger charge is 2.25. The zero-order valence-corrected chi connectivity index (χ0v) is 19.9. The zero-order chi connectivity index (χ0) is 24.3. The number of aromatic carboxylic acids is 1. The van der Waals surface area contributed by atoms with E-state index >= 15 is 0 Å². The molecule has 0 unspecified atom stereocenters. The molecular weight excluding hydrogens is 434 g/mol. The van der Waals surface area contributed by atoms with E-state index < -0.39 is 11.6 Å². The number of carbonyl (C=O) groups is 2. The number of carboxylic acids is 1. The second-order valence-electron chi connectivity index (χ2n) is 9.49. The van der Waals surface area contributed by atoms with E-state index in [1.807, 2.05) is 45.0 Å². The maximum Gasteiger partial charge on any atom is 0.410 e. The second-order valence-corrected chi connectivity index (χ2v) is 9.49. The van der Waals surface area contributed by atoms with Gasteiger partial charge in [0.25, 0.3) is 0 Å². The number of carboxylic acid groups (broad SMARTS) is 1. The van der Waals surface area contributed by atoms with E-state index in [2.05, 4.69) is 9.88 Å². The Morgan fingerprint density at radius 2 is 1.74 bits per heavy atom. The Bertz CT molecular complexity index is 1200. The number of hydrogen-bond acceptors (Lipinski definition) is 6. The van der Waals surface area contributed by atoms with Crippen LogP contribution in [0.15, 0.2) is 42.6 Å². The van der Waals surface area contributed by atoms with Gasteiger partial charge in [0.1, 0.15) is 11.4 Å². The molecule has 1 aliphatic heterocycles. The number of ether oxygens (including phenoxy) is 2. The van der Waals surface area contributed by atoms with Gasteiger partial charge in [0, 0.05) is 55.1 Å². The quantitative estimate of drug-likeness (QED) is 0.426. The predicted molar refractivity (Wildman–Crippen MR) is 131 cm³/mol. The molecule has 1 saturated heterocycles. The van der Waals surface area contributed by atoms with Gasteiger partial charge in [0.15, 0.2) is 0 Å². The van der Waals surface area contributed by atoms with Crippen LogP contribution < -0.4 is 4.74 Å². The van der Waals surface area contributed by atoms with Gasteiger partial charge in [0.05, 0.1) is 17.7 Å². The summed E-state index contributed by atoms with van der Waals surface area (Å²) >= 11 is 0. The Morgan fingerprint density at radius 3 is 2.41 bits per heavy atom. The third kappa shape index (κ3) is 5.39. The third-order valence-corrected chi connectivity index (χ3v) is 5.84. The van der Waals surface area contributed by atoms with E-state index in [0.29, 0.717) is 36.3 Å². The lowest BCUT2D eigenvalue weighted by Gasteiger charge is -2.35. The molecule has 0 radical (unpaired) electrons. The van der Waals surface area contributed by atoms with Gasteiger partial charge in [-0.3, -0.25) is 9.88 Å². The van der Waals surface area contributed by atoms with Crippen LogP contribution >= 0.6 is 0 Å². The number of rotatable bonds is 6. The van der Waals surface area contributed by atoms with Crippen LogP contribution in [0.25, 0.3) is 21.7 Å². The summed E-state index contributed by atoms with van der Waals surface area (Å²) in [4.78, 5) is 32.5. The van der Waals surface area contributed by atoms with E-state index in [4.69, 9.17) is 9.47 Å². The molecular formula is C26H31N3O5. The van der Waals surface area contributed by atoms with Gasteiger partial charge >= 0.3 is 12.1 Å². The highest BCUT2D eigenvalue weighted by Crippen LogP contribution is 2.34. The molecule has 2 heterocycles. The number of piperazine rings is 1. The Labute approximate surface area is 199 Å². The van der Waals surface area contributed by atoms with Gasteiger partial charge in [-0.2, -0.15) is 0 Å². The normalized spacial score (nSPS) is 15.0. The van der Waals surface area contributed by atoms with Crippen molar-refractivity contribution in [3.05, 3.63) is 48.2 Å². The number of amides is 1. The highest BCUT2D eigenvalue weighted by molar-refractivity contribution is 6.13. The average molecular weight is 466 g/mol. The Balaban J connectivity index is 1.37. The van der Waals surface area contributed by atoms with Crippen LogP contribution in [0.4, 0.5) is 4.79 Å². The summed E-state index contributed by atoms with van der Waals surface area (Å²) in [6.07, 6.45) is 2.09. The van der Waals surface area contributed by atoms with Crippen LogP contribution in [0.5, 0.6) is 5.75 Å². The standard InChI is InChI=1S/C26H31N3O5/c1-26(2,3)34-25(32)29-14-12-28(13-15-29)11-6-16-33-22-17-21-20(24(30)31)9-10-27-23(21)19-8-5-4-7-18(19)22/h4-5,7-10,17H,6,11-16H2,1-3H3,(H,30,31). The van der Waals surface area contributed by atoms with Gasteiger partial charge < -0.3 is 19.5 Å². The zero-order valence-electron chi connectivity index (χ0n) is 19.9. The molecule has 180 valence electrons. The Kier molecular flexibility index (Phi) is 6.88. The smallest absolute Gasteiger partial charge is 0.410 e. The summed E-state index contributed by atoms with van der Waals surface area (Å²) in [6.45, 7) is 9.88. The van der Waals surface area contributed by atoms with Gasteiger partial charge in [-0.05, 0) is 39.3 Å². The first kappa shape index (κ1) is 23.8. The summed E-state index contributed by atoms with van der Waals surface area (Å²) < 4.78 is 11.6. The molecule has 1 aliphatic rings. The summed E-state index contributed by atoms with van der Waals surface area (Å²) in [5.74, 6) is -0.326. The number of fused-ring (bicyclic) bond motifs is 3. The number of hydrogen-bond donors (Lipinski definition) is 1. The van der Waals surface area contributed by atoms with Crippen molar-refractivity contribution in [3.63, 3.8) is 0 Å². The SMILES string of the molecule is CC(C)(C)OC(=O)N1CCN(CCCOc2cc3c(C(=O)O)ccnc3c3ccccc23)CC1. The minimum atomic E-state index is -0.987. The first-order valence-electron chi connectivity index (χ1n) is 11.6. The number of aromatic nitrogens is 1. The minimum Gasteiger partial charge on any atom is -0.493 e. The summed E-state index contributed by atoms with van der Waals surface area (Å²) in [7, 11) is 0. The maximum absolute atomic E-state index is 12.2. The molecule has 1 N–H and O–H groups in total. The monoisotopic (exact) mass is 465 g/mol. The van der Waals surface area contributed by atoms with E-state index in [1.54, 1.807) is 11.0 Å². The fourth-order valence-corrected chi connectivity index (χ4v) is 4.20. The van der Waals surface area contributed by atoms with Crippen molar-refractivity contribution in [1.29, 1.82) is 0 Å². The van der Waals surface area contributed by atoms with E-state index in [0.717, 1.165) is 36.8 Å². The fraction of sp³-hybridized carbons (Fsp3) is 0.423. The average Bonchev–Trinajstić information content (AvgIpc) is 2.80. The topological polar surface area (TPSA) is 92.2 Å². The molecule has 0 atom stereocenters. The molecule has 3 aromatic rings. The largest absolute Gasteiger partial charge is 0.493 e. The molecule has 0 spiro atoms. The summed E-state index contributed by atoms with van der Waals surface area (Å²) in [5.41, 5.74) is 0.383. The molecule has 0 bridgehead atoms. The van der Waals surface area contributed by atoms with E-state index in [9.17, 15) is 14.7 Å². The Hall–Kier alpha value is -3.39. The van der Waals surface area contributed by atoms with Gasteiger partial charge in [-0.25, -0.2) is 9.59 Å². The van der Waals surface area contributed by atoms with Crippen molar-refractivity contribution in [3.8, 4) is 5.75 Å². The van der Waals surface area contributed by atoms with Crippen LogP contribution in [-0.4, -0.2) is 76.9 Å². The number of nitrogens with zero attached hydrogens (tertiary/aromatic N) is 3. The van der Waals surface area contributed by atoms with Crippen molar-refractivity contribution in [1.82, 2.24) is 14.8 Å². The van der Waals surface area contributed by atoms with Crippen LogP contribution in [0.1, 0.15) is 37.6 Å². The lowest BCUT2D eigenvalue weighted by Crippen LogP contribution is -2.50. The van der Waals surface area contributed by atoms with Crippen molar-refractivity contribution in [2.24, 2.45) is 0 Å². The van der Waals surface area contributed by atoms with Gasteiger partial charge in [0.2, 0.25) is 0 Å². The second kappa shape index (κ2) is 9.85. The van der Waals surface area contributed by atoms with Crippen LogP contribution in [0.2, 0.25) is 0 Å². The highest BCUT2D eigenvalue weighted by atomic mass is 16.6. The summed E-state index contributed by atoms with van der Waals surface area (Å²) in [6, 6.07) is 11.1. The molecule has 0 aliphatic carbocycles. The molecule has 8 heteroatoms. The van der Waals surface area contributed by atoms with Crippen LogP contribution in [-0.2, 0) is 4.74 Å². The van der Waals surface area contributed by atoms with Crippen molar-refractivity contribution in [2.75, 3.05) is 39.3 Å². The molecule has 0 saturated carbocycles. The number of benzene rings is 2. The van der Waals surface area contributed by atoms with Crippen molar-refractivity contribution < 1.29 is 24.2 Å². The van der Waals surface area contributed by atoms with Crippen LogP contribution in [0.3, 0.4) is 0 Å². The molecule has 4 rings (SSSR count). The van der Waals surface area contributed by atoms with Gasteiger partial charge in [-0.15, -0.1) is 0 Å². The van der Waals surface area contributed by atoms with E-state index in [-0.39, 0.29) is 11.7 Å². The van der Waals surface area contributed by atoms with E-state index in [1.165, 1.54) is 12.3 Å². The van der Waals surface area contributed by atoms with Crippen LogP contribution in [0, 0.1) is 0 Å². The molecule has 1 aromatic heterocycles. The van der Waals surface area contributed by atoms with Crippen molar-refractivity contribution >= 4 is 33.7 Å². The fourth-order valence-electron chi connectivity index (χ4n) is 4.20. The molecule has 1 amide bonds. The molecule has 1 fully saturated rings. The first-order valence-corrected chi connectivity index (χ1v) is 11.6. The maximum atomic E-state index is 12.2. The first-order chi connectivity index (χ1) is 16.2. The third-order valence-electron chi connectivity index (χ3n) is 5.84. The predicted octanol–water partition coefficient (Wildman–Crippen LogP) is 4.41. The Morgan fingerprint density at radius 1 is 1.03 bits per heavy atom. The molecule has 34 heavy (non-hydrogen) atoms.